The molecule has 0 bridgehead atoms. The Bertz CT molecular complexity index is 767. The second-order valence-corrected chi connectivity index (χ2v) is 7.52. The molecule has 0 saturated heterocycles. The first-order valence-electron chi connectivity index (χ1n) is 8.09. The molecule has 3 atom stereocenters. The van der Waals surface area contributed by atoms with Crippen LogP contribution in [0.15, 0.2) is 9.79 Å². The molecular weight excluding hydrogens is 314 g/mol. The lowest BCUT2D eigenvalue weighted by Crippen LogP contribution is -2.50. The lowest BCUT2D eigenvalue weighted by Gasteiger charge is -2.41. The number of methoxy groups -OCH3 is 1. The second-order valence-electron chi connectivity index (χ2n) is 6.51. The third-order valence-corrected chi connectivity index (χ3v) is 6.23. The number of carbonyl (C=O) groups is 1. The Labute approximate surface area is 139 Å². The SMILES string of the molecule is COC(=O)/C=c1/sc2n(c1=O)CN([C@@H]1CCC[C@@H](C)[C@H]1C)CN=2. The topological polar surface area (TPSA) is 63.9 Å². The lowest BCUT2D eigenvalue weighted by atomic mass is 9.77. The van der Waals surface area contributed by atoms with Crippen molar-refractivity contribution in [1.82, 2.24) is 9.47 Å². The number of thiazole rings is 1. The molecule has 3 rings (SSSR count). The van der Waals surface area contributed by atoms with Crippen molar-refractivity contribution >= 4 is 23.4 Å². The minimum atomic E-state index is -0.507. The van der Waals surface area contributed by atoms with Crippen LogP contribution in [-0.4, -0.2) is 35.3 Å². The third-order valence-electron chi connectivity index (χ3n) is 5.18. The predicted octanol–water partition coefficient (Wildman–Crippen LogP) is 0.538. The molecule has 0 radical (unpaired) electrons. The van der Waals surface area contributed by atoms with Crippen molar-refractivity contribution in [3.63, 3.8) is 0 Å². The van der Waals surface area contributed by atoms with Crippen molar-refractivity contribution in [1.29, 1.82) is 0 Å². The molecule has 0 amide bonds. The van der Waals surface area contributed by atoms with Crippen LogP contribution < -0.4 is 14.9 Å². The summed E-state index contributed by atoms with van der Waals surface area (Å²) in [5, 5.41) is 0. The lowest BCUT2D eigenvalue weighted by molar-refractivity contribution is -0.133. The van der Waals surface area contributed by atoms with E-state index >= 15 is 0 Å². The van der Waals surface area contributed by atoms with E-state index in [1.54, 1.807) is 4.57 Å². The quantitative estimate of drug-likeness (QED) is 0.739. The van der Waals surface area contributed by atoms with Crippen molar-refractivity contribution in [2.24, 2.45) is 16.8 Å². The third kappa shape index (κ3) is 3.12. The van der Waals surface area contributed by atoms with Crippen LogP contribution in [0, 0.1) is 11.8 Å². The summed E-state index contributed by atoms with van der Waals surface area (Å²) in [4.78, 5) is 31.4. The summed E-state index contributed by atoms with van der Waals surface area (Å²) >= 11 is 1.26. The molecule has 1 aliphatic heterocycles. The number of aromatic nitrogens is 1. The minimum Gasteiger partial charge on any atom is -0.466 e. The zero-order valence-corrected chi connectivity index (χ0v) is 14.6. The van der Waals surface area contributed by atoms with Crippen LogP contribution in [0.1, 0.15) is 33.1 Å². The highest BCUT2D eigenvalue weighted by Crippen LogP contribution is 2.33. The number of ether oxygens (including phenoxy) is 1. The first-order valence-corrected chi connectivity index (χ1v) is 8.90. The van der Waals surface area contributed by atoms with E-state index in [0.29, 0.717) is 40.5 Å². The molecule has 0 N–H and O–H groups in total. The van der Waals surface area contributed by atoms with E-state index in [9.17, 15) is 9.59 Å². The van der Waals surface area contributed by atoms with Gasteiger partial charge in [0.1, 0.15) is 4.53 Å². The summed E-state index contributed by atoms with van der Waals surface area (Å²) in [7, 11) is 1.31. The largest absolute Gasteiger partial charge is 0.466 e. The van der Waals surface area contributed by atoms with E-state index in [2.05, 4.69) is 28.5 Å². The molecule has 2 heterocycles. The highest BCUT2D eigenvalue weighted by Gasteiger charge is 2.32. The van der Waals surface area contributed by atoms with E-state index in [4.69, 9.17) is 0 Å². The molecule has 2 aliphatic rings. The first-order chi connectivity index (χ1) is 11.0. The molecule has 1 fully saturated rings. The molecular formula is C16H23N3O3S. The molecule has 1 aromatic heterocycles. The molecule has 1 aromatic rings. The molecule has 6 nitrogen and oxygen atoms in total. The molecule has 0 unspecified atom stereocenters. The Hall–Kier alpha value is -1.47. The van der Waals surface area contributed by atoms with Crippen molar-refractivity contribution < 1.29 is 9.53 Å². The Morgan fingerprint density at radius 2 is 2.17 bits per heavy atom. The number of esters is 1. The Morgan fingerprint density at radius 3 is 2.91 bits per heavy atom. The Kier molecular flexibility index (Phi) is 4.68. The van der Waals surface area contributed by atoms with Crippen molar-refractivity contribution in [3.8, 4) is 0 Å². The summed E-state index contributed by atoms with van der Waals surface area (Å²) in [5.41, 5.74) is -0.152. The van der Waals surface area contributed by atoms with Crippen LogP contribution in [0.3, 0.4) is 0 Å². The number of rotatable bonds is 2. The van der Waals surface area contributed by atoms with Crippen LogP contribution in [-0.2, 0) is 16.2 Å². The molecule has 1 aliphatic carbocycles. The van der Waals surface area contributed by atoms with E-state index in [-0.39, 0.29) is 5.56 Å². The number of carbonyl (C=O) groups excluding carboxylic acids is 1. The fraction of sp³-hybridized carbons (Fsp3) is 0.688. The van der Waals surface area contributed by atoms with Crippen LogP contribution in [0.4, 0.5) is 0 Å². The standard InChI is InChI=1S/C16H23N3O3S/c1-10-5-4-6-12(11(10)2)18-8-17-16-19(9-18)15(21)13(23-16)7-14(20)22-3/h7,10-12H,4-6,8-9H2,1-3H3/b13-7+/t10-,11-,12-/m1/s1. The van der Waals surface area contributed by atoms with E-state index in [0.717, 1.165) is 6.42 Å². The predicted molar refractivity (Wildman–Crippen MR) is 88.5 cm³/mol. The van der Waals surface area contributed by atoms with Crippen LogP contribution in [0.5, 0.6) is 0 Å². The maximum Gasteiger partial charge on any atom is 0.332 e. The highest BCUT2D eigenvalue weighted by atomic mass is 32.1. The fourth-order valence-electron chi connectivity index (χ4n) is 3.57. The number of fused-ring (bicyclic) bond motifs is 1. The molecule has 0 spiro atoms. The highest BCUT2D eigenvalue weighted by molar-refractivity contribution is 7.07. The van der Waals surface area contributed by atoms with Crippen molar-refractivity contribution in [2.75, 3.05) is 13.8 Å². The maximum absolute atomic E-state index is 12.5. The van der Waals surface area contributed by atoms with Gasteiger partial charge >= 0.3 is 5.97 Å². The molecule has 0 aromatic carbocycles. The van der Waals surface area contributed by atoms with Gasteiger partial charge in [-0.25, -0.2) is 9.79 Å². The van der Waals surface area contributed by atoms with Gasteiger partial charge in [0.05, 0.1) is 20.4 Å². The fourth-order valence-corrected chi connectivity index (χ4v) is 4.50. The molecule has 23 heavy (non-hydrogen) atoms. The van der Waals surface area contributed by atoms with E-state index in [1.165, 1.54) is 37.4 Å². The van der Waals surface area contributed by atoms with Gasteiger partial charge in [-0.1, -0.05) is 38.0 Å². The summed E-state index contributed by atoms with van der Waals surface area (Å²) in [6.07, 6.45) is 4.93. The molecule has 126 valence electrons. The maximum atomic E-state index is 12.5. The minimum absolute atomic E-state index is 0.152. The van der Waals surface area contributed by atoms with Gasteiger partial charge in [-0.05, 0) is 18.3 Å². The zero-order valence-electron chi connectivity index (χ0n) is 13.8. The summed E-state index contributed by atoms with van der Waals surface area (Å²) < 4.78 is 6.67. The second kappa shape index (κ2) is 6.57. The van der Waals surface area contributed by atoms with Gasteiger partial charge in [0, 0.05) is 12.1 Å². The van der Waals surface area contributed by atoms with E-state index < -0.39 is 5.97 Å². The van der Waals surface area contributed by atoms with Crippen molar-refractivity contribution in [3.05, 3.63) is 19.7 Å². The van der Waals surface area contributed by atoms with Gasteiger partial charge in [0.25, 0.3) is 5.56 Å². The molecule has 1 saturated carbocycles. The van der Waals surface area contributed by atoms with E-state index in [1.807, 2.05) is 0 Å². The summed E-state index contributed by atoms with van der Waals surface area (Å²) in [6, 6.07) is 0.468. The van der Waals surface area contributed by atoms with Crippen LogP contribution in [0.25, 0.3) is 6.08 Å². The van der Waals surface area contributed by atoms with Crippen LogP contribution >= 0.6 is 11.3 Å². The number of hydrogen-bond donors (Lipinski definition) is 0. The first kappa shape index (κ1) is 16.4. The summed E-state index contributed by atoms with van der Waals surface area (Å²) in [6.45, 7) is 5.80. The van der Waals surface area contributed by atoms with Gasteiger partial charge in [0.2, 0.25) is 0 Å². The average Bonchev–Trinajstić information content (AvgIpc) is 2.85. The van der Waals surface area contributed by atoms with Gasteiger partial charge in [-0.3, -0.25) is 14.3 Å². The number of hydrogen-bond acceptors (Lipinski definition) is 6. The van der Waals surface area contributed by atoms with Crippen LogP contribution in [0.2, 0.25) is 0 Å². The average molecular weight is 337 g/mol. The molecule has 7 heteroatoms. The van der Waals surface area contributed by atoms with Crippen molar-refractivity contribution in [2.45, 2.75) is 45.8 Å². The van der Waals surface area contributed by atoms with Gasteiger partial charge in [-0.15, -0.1) is 0 Å². The Morgan fingerprint density at radius 1 is 1.39 bits per heavy atom. The normalized spacial score (nSPS) is 29.0. The number of nitrogens with zero attached hydrogens (tertiary/aromatic N) is 3. The van der Waals surface area contributed by atoms with Gasteiger partial charge < -0.3 is 4.74 Å². The summed E-state index contributed by atoms with van der Waals surface area (Å²) in [5.74, 6) is 0.807. The smallest absolute Gasteiger partial charge is 0.332 e. The monoisotopic (exact) mass is 337 g/mol. The Balaban J connectivity index is 1.88. The van der Waals surface area contributed by atoms with Gasteiger partial charge in [-0.2, -0.15) is 0 Å². The zero-order chi connectivity index (χ0) is 16.6. The van der Waals surface area contributed by atoms with Gasteiger partial charge in [0.15, 0.2) is 4.80 Å².